The van der Waals surface area contributed by atoms with Crippen LogP contribution < -0.4 is 0 Å². The molecule has 1 rings (SSSR count). The van der Waals surface area contributed by atoms with Gasteiger partial charge in [-0.05, 0) is 40.0 Å². The Bertz CT molecular complexity index is 145. The third-order valence-corrected chi connectivity index (χ3v) is 2.81. The molecule has 0 aliphatic carbocycles. The SMILES string of the molecule is CC1CN(C)CCCN(C)CN(C)C1. The lowest BCUT2D eigenvalue weighted by Crippen LogP contribution is -2.41. The Morgan fingerprint density at radius 1 is 0.857 bits per heavy atom. The molecule has 0 N–H and O–H groups in total. The maximum atomic E-state index is 2.46. The highest BCUT2D eigenvalue weighted by Gasteiger charge is 2.12. The topological polar surface area (TPSA) is 9.72 Å². The largest absolute Gasteiger partial charge is 0.306 e. The lowest BCUT2D eigenvalue weighted by Gasteiger charge is -2.31. The highest BCUT2D eigenvalue weighted by Crippen LogP contribution is 2.04. The average molecular weight is 199 g/mol. The zero-order chi connectivity index (χ0) is 10.6. The van der Waals surface area contributed by atoms with Crippen LogP contribution >= 0.6 is 0 Å². The Hall–Kier alpha value is -0.120. The first-order valence-corrected chi connectivity index (χ1v) is 5.63. The molecule has 0 spiro atoms. The van der Waals surface area contributed by atoms with Crippen LogP contribution in [0.3, 0.4) is 0 Å². The van der Waals surface area contributed by atoms with Crippen LogP contribution in [-0.4, -0.2) is 68.7 Å². The van der Waals surface area contributed by atoms with Gasteiger partial charge in [0.25, 0.3) is 0 Å². The van der Waals surface area contributed by atoms with E-state index in [0.29, 0.717) is 0 Å². The van der Waals surface area contributed by atoms with Crippen LogP contribution in [0.2, 0.25) is 0 Å². The molecule has 1 saturated heterocycles. The van der Waals surface area contributed by atoms with Crippen LogP contribution in [0, 0.1) is 5.92 Å². The number of rotatable bonds is 0. The quantitative estimate of drug-likeness (QED) is 0.571. The first kappa shape index (κ1) is 12.0. The molecule has 1 heterocycles. The molecule has 1 unspecified atom stereocenters. The summed E-state index contributed by atoms with van der Waals surface area (Å²) in [5.41, 5.74) is 0. The fraction of sp³-hybridized carbons (Fsp3) is 1.00. The van der Waals surface area contributed by atoms with Crippen molar-refractivity contribution < 1.29 is 0 Å². The van der Waals surface area contributed by atoms with Crippen molar-refractivity contribution >= 4 is 0 Å². The fourth-order valence-corrected chi connectivity index (χ4v) is 2.36. The summed E-state index contributed by atoms with van der Waals surface area (Å²) in [5, 5.41) is 0. The Balaban J connectivity index is 2.44. The van der Waals surface area contributed by atoms with E-state index in [-0.39, 0.29) is 0 Å². The van der Waals surface area contributed by atoms with E-state index >= 15 is 0 Å². The van der Waals surface area contributed by atoms with E-state index in [0.717, 1.165) is 12.6 Å². The fourth-order valence-electron chi connectivity index (χ4n) is 2.36. The monoisotopic (exact) mass is 199 g/mol. The molecular formula is C11H25N3. The summed E-state index contributed by atoms with van der Waals surface area (Å²) in [7, 11) is 6.66. The smallest absolute Gasteiger partial charge is 0.0500 e. The van der Waals surface area contributed by atoms with E-state index in [2.05, 4.69) is 42.8 Å². The summed E-state index contributed by atoms with van der Waals surface area (Å²) in [6.45, 7) is 8.33. The molecule has 1 aliphatic heterocycles. The summed E-state index contributed by atoms with van der Waals surface area (Å²) in [5.74, 6) is 0.775. The van der Waals surface area contributed by atoms with Crippen molar-refractivity contribution in [3.63, 3.8) is 0 Å². The zero-order valence-corrected chi connectivity index (χ0v) is 10.2. The van der Waals surface area contributed by atoms with E-state index in [4.69, 9.17) is 0 Å². The highest BCUT2D eigenvalue weighted by molar-refractivity contribution is 4.66. The molecule has 0 amide bonds. The van der Waals surface area contributed by atoms with E-state index < -0.39 is 0 Å². The Kier molecular flexibility index (Phi) is 4.85. The molecule has 1 aliphatic rings. The lowest BCUT2D eigenvalue weighted by atomic mass is 10.1. The van der Waals surface area contributed by atoms with Crippen LogP contribution in [0.5, 0.6) is 0 Å². The van der Waals surface area contributed by atoms with E-state index in [1.54, 1.807) is 0 Å². The molecule has 84 valence electrons. The number of hydrogen-bond donors (Lipinski definition) is 0. The zero-order valence-electron chi connectivity index (χ0n) is 10.2. The van der Waals surface area contributed by atoms with Gasteiger partial charge < -0.3 is 4.90 Å². The molecule has 0 aromatic carbocycles. The van der Waals surface area contributed by atoms with Crippen LogP contribution in [0.4, 0.5) is 0 Å². The molecule has 0 saturated carbocycles. The van der Waals surface area contributed by atoms with Gasteiger partial charge in [0.15, 0.2) is 0 Å². The molecule has 0 aromatic rings. The minimum Gasteiger partial charge on any atom is -0.306 e. The highest BCUT2D eigenvalue weighted by atomic mass is 15.3. The molecule has 0 bridgehead atoms. The maximum absolute atomic E-state index is 2.46. The summed E-state index contributed by atoms with van der Waals surface area (Å²) >= 11 is 0. The molecule has 1 atom stereocenters. The van der Waals surface area contributed by atoms with Gasteiger partial charge in [-0.25, -0.2) is 0 Å². The summed E-state index contributed by atoms with van der Waals surface area (Å²) in [4.78, 5) is 7.29. The maximum Gasteiger partial charge on any atom is 0.0500 e. The minimum atomic E-state index is 0.775. The summed E-state index contributed by atoms with van der Waals surface area (Å²) in [6, 6.07) is 0. The van der Waals surface area contributed by atoms with Gasteiger partial charge in [0, 0.05) is 19.6 Å². The van der Waals surface area contributed by atoms with Crippen molar-refractivity contribution in [2.45, 2.75) is 13.3 Å². The molecular weight excluding hydrogens is 174 g/mol. The van der Waals surface area contributed by atoms with E-state index in [9.17, 15) is 0 Å². The molecule has 3 nitrogen and oxygen atoms in total. The minimum absolute atomic E-state index is 0.775. The Morgan fingerprint density at radius 3 is 2.14 bits per heavy atom. The van der Waals surface area contributed by atoms with Gasteiger partial charge >= 0.3 is 0 Å². The third kappa shape index (κ3) is 4.40. The van der Waals surface area contributed by atoms with Gasteiger partial charge in [-0.15, -0.1) is 0 Å². The Labute approximate surface area is 88.7 Å². The van der Waals surface area contributed by atoms with Crippen molar-refractivity contribution in [3.8, 4) is 0 Å². The van der Waals surface area contributed by atoms with Gasteiger partial charge in [0.05, 0.1) is 6.67 Å². The summed E-state index contributed by atoms with van der Waals surface area (Å²) in [6.07, 6.45) is 1.29. The summed E-state index contributed by atoms with van der Waals surface area (Å²) < 4.78 is 0. The van der Waals surface area contributed by atoms with Gasteiger partial charge in [-0.3, -0.25) is 9.80 Å². The van der Waals surface area contributed by atoms with Crippen LogP contribution in [0.15, 0.2) is 0 Å². The molecule has 1 fully saturated rings. The van der Waals surface area contributed by atoms with Crippen molar-refractivity contribution in [1.29, 1.82) is 0 Å². The standard InChI is InChI=1S/C11H25N3/c1-11-8-12(2)6-5-7-13(3)10-14(4)9-11/h11H,5-10H2,1-4H3. The number of hydrogen-bond acceptors (Lipinski definition) is 3. The second-order valence-corrected chi connectivity index (χ2v) is 4.98. The van der Waals surface area contributed by atoms with Gasteiger partial charge in [0.2, 0.25) is 0 Å². The van der Waals surface area contributed by atoms with Crippen molar-refractivity contribution in [3.05, 3.63) is 0 Å². The van der Waals surface area contributed by atoms with Gasteiger partial charge in [0.1, 0.15) is 0 Å². The normalized spacial score (nSPS) is 30.4. The lowest BCUT2D eigenvalue weighted by molar-refractivity contribution is 0.132. The molecule has 14 heavy (non-hydrogen) atoms. The van der Waals surface area contributed by atoms with Crippen LogP contribution in [0.25, 0.3) is 0 Å². The predicted octanol–water partition coefficient (Wildman–Crippen LogP) is 0.779. The second kappa shape index (κ2) is 5.69. The molecule has 3 heteroatoms. The van der Waals surface area contributed by atoms with Crippen molar-refractivity contribution in [1.82, 2.24) is 14.7 Å². The van der Waals surface area contributed by atoms with Gasteiger partial charge in [-0.1, -0.05) is 6.92 Å². The van der Waals surface area contributed by atoms with Gasteiger partial charge in [-0.2, -0.15) is 0 Å². The second-order valence-electron chi connectivity index (χ2n) is 4.98. The van der Waals surface area contributed by atoms with Crippen molar-refractivity contribution in [2.24, 2.45) is 5.92 Å². The molecule has 0 radical (unpaired) electrons. The van der Waals surface area contributed by atoms with Crippen LogP contribution in [0.1, 0.15) is 13.3 Å². The van der Waals surface area contributed by atoms with Crippen molar-refractivity contribution in [2.75, 3.05) is 54.0 Å². The number of nitrogens with zero attached hydrogens (tertiary/aromatic N) is 3. The first-order chi connectivity index (χ1) is 6.58. The van der Waals surface area contributed by atoms with E-state index in [1.807, 2.05) is 0 Å². The van der Waals surface area contributed by atoms with E-state index in [1.165, 1.54) is 32.6 Å². The molecule has 0 aromatic heterocycles. The first-order valence-electron chi connectivity index (χ1n) is 5.63. The predicted molar refractivity (Wildman–Crippen MR) is 61.4 cm³/mol. The van der Waals surface area contributed by atoms with Crippen LogP contribution in [-0.2, 0) is 0 Å². The Morgan fingerprint density at radius 2 is 1.43 bits per heavy atom. The average Bonchev–Trinajstić information content (AvgIpc) is 2.01. The third-order valence-electron chi connectivity index (χ3n) is 2.81.